The first kappa shape index (κ1) is 15.7. The van der Waals surface area contributed by atoms with Crippen LogP contribution in [0.1, 0.15) is 30.2 Å². The molecule has 2 aromatic heterocycles. The van der Waals surface area contributed by atoms with E-state index >= 15 is 0 Å². The quantitative estimate of drug-likeness (QED) is 0.899. The first-order valence-corrected chi connectivity index (χ1v) is 9.53. The van der Waals surface area contributed by atoms with Gasteiger partial charge in [-0.1, -0.05) is 6.07 Å². The van der Waals surface area contributed by atoms with Crippen LogP contribution in [0.4, 0.5) is 0 Å². The average Bonchev–Trinajstić information content (AvgIpc) is 3.19. The number of sulfonamides is 1. The molecule has 120 valence electrons. The molecule has 0 amide bonds. The van der Waals surface area contributed by atoms with Crippen LogP contribution in [0.5, 0.6) is 0 Å². The monoisotopic (exact) mass is 341 g/mol. The third-order valence-corrected chi connectivity index (χ3v) is 7.04. The van der Waals surface area contributed by atoms with Crippen LogP contribution in [0.3, 0.4) is 0 Å². The van der Waals surface area contributed by atoms with Gasteiger partial charge in [-0.3, -0.25) is 4.68 Å². The summed E-state index contributed by atoms with van der Waals surface area (Å²) in [6.07, 6.45) is 2.89. The summed E-state index contributed by atoms with van der Waals surface area (Å²) in [7, 11) is -1.94. The number of aryl methyl sites for hydroxylation is 1. The molecule has 1 aliphatic rings. The number of aromatic nitrogens is 2. The fraction of sp³-hybridized carbons (Fsp3) is 0.500. The highest BCUT2D eigenvalue weighted by atomic mass is 32.2. The third kappa shape index (κ3) is 2.83. The molecular weight excluding hydrogens is 322 g/mol. The van der Waals surface area contributed by atoms with Gasteiger partial charge in [-0.15, -0.1) is 11.3 Å². The summed E-state index contributed by atoms with van der Waals surface area (Å²) in [6, 6.07) is 5.11. The second kappa shape index (κ2) is 6.11. The number of hydrogen-bond acceptors (Lipinski definition) is 5. The van der Waals surface area contributed by atoms with Gasteiger partial charge in [0.2, 0.25) is 0 Å². The smallest absolute Gasteiger partial charge is 0.260 e. The second-order valence-electron chi connectivity index (χ2n) is 5.47. The first-order valence-electron chi connectivity index (χ1n) is 7.21. The summed E-state index contributed by atoms with van der Waals surface area (Å²) in [6.45, 7) is 0.495. The molecule has 1 fully saturated rings. The zero-order valence-electron chi connectivity index (χ0n) is 12.3. The predicted octanol–water partition coefficient (Wildman–Crippen LogP) is 1.76. The van der Waals surface area contributed by atoms with Crippen LogP contribution in [0.2, 0.25) is 0 Å². The maximum absolute atomic E-state index is 12.8. The molecule has 0 aliphatic carbocycles. The SMILES string of the molecule is Cn1nccc1S(=O)(=O)N1CCC[C@H]1C[C@H](O)c1cccs1. The van der Waals surface area contributed by atoms with Crippen LogP contribution in [-0.2, 0) is 17.1 Å². The molecule has 3 rings (SSSR count). The largest absolute Gasteiger partial charge is 0.388 e. The van der Waals surface area contributed by atoms with Crippen molar-refractivity contribution in [1.82, 2.24) is 14.1 Å². The lowest BCUT2D eigenvalue weighted by atomic mass is 10.1. The molecule has 2 atom stereocenters. The Balaban J connectivity index is 1.80. The Hall–Kier alpha value is -1.22. The van der Waals surface area contributed by atoms with Crippen LogP contribution in [0, 0.1) is 0 Å². The fourth-order valence-electron chi connectivity index (χ4n) is 2.95. The van der Waals surface area contributed by atoms with Crippen LogP contribution >= 0.6 is 11.3 Å². The van der Waals surface area contributed by atoms with Crippen molar-refractivity contribution in [3.8, 4) is 0 Å². The maximum Gasteiger partial charge on any atom is 0.260 e. The summed E-state index contributed by atoms with van der Waals surface area (Å²) < 4.78 is 28.5. The van der Waals surface area contributed by atoms with E-state index in [2.05, 4.69) is 5.10 Å². The molecule has 2 aromatic rings. The number of aliphatic hydroxyl groups excluding tert-OH is 1. The van der Waals surface area contributed by atoms with E-state index in [0.717, 1.165) is 17.7 Å². The molecule has 0 unspecified atom stereocenters. The second-order valence-corrected chi connectivity index (χ2v) is 8.29. The van der Waals surface area contributed by atoms with Crippen molar-refractivity contribution in [3.05, 3.63) is 34.7 Å². The Morgan fingerprint density at radius 3 is 2.95 bits per heavy atom. The number of thiophene rings is 1. The number of aliphatic hydroxyl groups is 1. The van der Waals surface area contributed by atoms with Gasteiger partial charge in [0.25, 0.3) is 10.0 Å². The zero-order chi connectivity index (χ0) is 15.7. The van der Waals surface area contributed by atoms with Crippen LogP contribution in [0.25, 0.3) is 0 Å². The Kier molecular flexibility index (Phi) is 4.35. The molecule has 0 bridgehead atoms. The van der Waals surface area contributed by atoms with Crippen molar-refractivity contribution in [2.75, 3.05) is 6.54 Å². The number of nitrogens with zero attached hydrogens (tertiary/aromatic N) is 3. The van der Waals surface area contributed by atoms with E-state index < -0.39 is 16.1 Å². The minimum atomic E-state index is -3.56. The lowest BCUT2D eigenvalue weighted by Crippen LogP contribution is -2.37. The molecule has 0 saturated carbocycles. The van der Waals surface area contributed by atoms with Crippen molar-refractivity contribution in [2.45, 2.75) is 36.4 Å². The highest BCUT2D eigenvalue weighted by Crippen LogP contribution is 2.32. The van der Waals surface area contributed by atoms with Crippen LogP contribution in [0.15, 0.2) is 34.8 Å². The fourth-order valence-corrected chi connectivity index (χ4v) is 5.48. The van der Waals surface area contributed by atoms with Crippen molar-refractivity contribution >= 4 is 21.4 Å². The van der Waals surface area contributed by atoms with Gasteiger partial charge in [-0.05, 0) is 36.8 Å². The van der Waals surface area contributed by atoms with Crippen molar-refractivity contribution < 1.29 is 13.5 Å². The summed E-state index contributed by atoms with van der Waals surface area (Å²) >= 11 is 1.49. The van der Waals surface area contributed by atoms with Gasteiger partial charge in [0.1, 0.15) is 0 Å². The molecule has 8 heteroatoms. The summed E-state index contributed by atoms with van der Waals surface area (Å²) in [4.78, 5) is 0.879. The number of rotatable bonds is 5. The van der Waals surface area contributed by atoms with Crippen LogP contribution in [-0.4, -0.2) is 40.2 Å². The van der Waals surface area contributed by atoms with Gasteiger partial charge in [-0.2, -0.15) is 9.40 Å². The van der Waals surface area contributed by atoms with E-state index in [4.69, 9.17) is 0 Å². The summed E-state index contributed by atoms with van der Waals surface area (Å²) in [5, 5.41) is 16.4. The van der Waals surface area contributed by atoms with E-state index in [1.165, 1.54) is 32.6 Å². The van der Waals surface area contributed by atoms with Crippen molar-refractivity contribution in [3.63, 3.8) is 0 Å². The topological polar surface area (TPSA) is 75.4 Å². The Morgan fingerprint density at radius 1 is 1.50 bits per heavy atom. The Bertz CT molecular complexity index is 724. The third-order valence-electron chi connectivity index (χ3n) is 4.04. The normalized spacial score (nSPS) is 21.3. The zero-order valence-corrected chi connectivity index (χ0v) is 13.9. The standard InChI is InChI=1S/C14H19N3O3S2/c1-16-14(6-7-15-16)22(19,20)17-8-2-4-11(17)10-12(18)13-5-3-9-21-13/h3,5-7,9,11-12,18H,2,4,8,10H2,1H3/t11-,12-/m0/s1. The van der Waals surface area contributed by atoms with E-state index in [0.29, 0.717) is 13.0 Å². The molecule has 6 nitrogen and oxygen atoms in total. The highest BCUT2D eigenvalue weighted by molar-refractivity contribution is 7.89. The predicted molar refractivity (Wildman–Crippen MR) is 84.0 cm³/mol. The molecule has 1 N–H and O–H groups in total. The molecular formula is C14H19N3O3S2. The first-order chi connectivity index (χ1) is 10.5. The van der Waals surface area contributed by atoms with Gasteiger partial charge in [0.15, 0.2) is 5.03 Å². The lowest BCUT2D eigenvalue weighted by Gasteiger charge is -2.25. The van der Waals surface area contributed by atoms with Gasteiger partial charge in [0, 0.05) is 24.5 Å². The minimum Gasteiger partial charge on any atom is -0.388 e. The number of hydrogen-bond donors (Lipinski definition) is 1. The summed E-state index contributed by atoms with van der Waals surface area (Å²) in [5.74, 6) is 0. The van der Waals surface area contributed by atoms with E-state index in [9.17, 15) is 13.5 Å². The van der Waals surface area contributed by atoms with Gasteiger partial charge in [-0.25, -0.2) is 8.42 Å². The molecule has 1 saturated heterocycles. The molecule has 0 aromatic carbocycles. The van der Waals surface area contributed by atoms with Gasteiger partial charge < -0.3 is 5.11 Å². The van der Waals surface area contributed by atoms with E-state index in [1.807, 2.05) is 17.5 Å². The van der Waals surface area contributed by atoms with Crippen LogP contribution < -0.4 is 0 Å². The highest BCUT2D eigenvalue weighted by Gasteiger charge is 2.37. The van der Waals surface area contributed by atoms with E-state index in [1.54, 1.807) is 7.05 Å². The Morgan fingerprint density at radius 2 is 2.32 bits per heavy atom. The average molecular weight is 341 g/mol. The molecule has 0 spiro atoms. The van der Waals surface area contributed by atoms with Gasteiger partial charge in [0.05, 0.1) is 12.3 Å². The molecule has 1 aliphatic heterocycles. The molecule has 0 radical (unpaired) electrons. The van der Waals surface area contributed by atoms with Crippen molar-refractivity contribution in [1.29, 1.82) is 0 Å². The molecule has 22 heavy (non-hydrogen) atoms. The van der Waals surface area contributed by atoms with Gasteiger partial charge >= 0.3 is 0 Å². The van der Waals surface area contributed by atoms with Crippen molar-refractivity contribution in [2.24, 2.45) is 7.05 Å². The molecule has 3 heterocycles. The summed E-state index contributed by atoms with van der Waals surface area (Å²) in [5.41, 5.74) is 0. The minimum absolute atomic E-state index is 0.169. The lowest BCUT2D eigenvalue weighted by molar-refractivity contribution is 0.145. The Labute approximate surface area is 134 Å². The van der Waals surface area contributed by atoms with E-state index in [-0.39, 0.29) is 11.1 Å². The maximum atomic E-state index is 12.8.